The lowest BCUT2D eigenvalue weighted by molar-refractivity contribution is 0.372. The normalized spacial score (nSPS) is 14.6. The van der Waals surface area contributed by atoms with Gasteiger partial charge >= 0.3 is 0 Å². The van der Waals surface area contributed by atoms with E-state index in [-0.39, 0.29) is 11.4 Å². The Labute approximate surface area is 104 Å². The zero-order valence-corrected chi connectivity index (χ0v) is 11.0. The number of rotatable bonds is 7. The summed E-state index contributed by atoms with van der Waals surface area (Å²) in [6.45, 7) is 4.27. The van der Waals surface area contributed by atoms with Crippen LogP contribution < -0.4 is 5.73 Å². The third kappa shape index (κ3) is 4.12. The van der Waals surface area contributed by atoms with E-state index in [0.717, 1.165) is 24.8 Å². The van der Waals surface area contributed by atoms with Crippen LogP contribution in [-0.4, -0.2) is 0 Å². The fraction of sp³-hybridized carbons (Fsp3) is 0.600. The molecule has 0 amide bonds. The van der Waals surface area contributed by atoms with Gasteiger partial charge in [0, 0.05) is 5.54 Å². The van der Waals surface area contributed by atoms with E-state index in [2.05, 4.69) is 13.8 Å². The average Bonchev–Trinajstić information content (AvgIpc) is 2.34. The molecular formula is C15H24FN. The molecule has 0 saturated heterocycles. The Morgan fingerprint density at radius 2 is 1.94 bits per heavy atom. The Morgan fingerprint density at radius 3 is 2.53 bits per heavy atom. The van der Waals surface area contributed by atoms with Gasteiger partial charge in [0.1, 0.15) is 5.82 Å². The van der Waals surface area contributed by atoms with E-state index in [1.807, 2.05) is 6.07 Å². The van der Waals surface area contributed by atoms with Crippen molar-refractivity contribution in [2.45, 2.75) is 57.9 Å². The van der Waals surface area contributed by atoms with Crippen LogP contribution in [0.5, 0.6) is 0 Å². The molecule has 0 bridgehead atoms. The van der Waals surface area contributed by atoms with Crippen LogP contribution in [0, 0.1) is 5.82 Å². The highest BCUT2D eigenvalue weighted by Crippen LogP contribution is 2.28. The van der Waals surface area contributed by atoms with E-state index in [1.165, 1.54) is 25.3 Å². The van der Waals surface area contributed by atoms with Gasteiger partial charge in [0.2, 0.25) is 0 Å². The summed E-state index contributed by atoms with van der Waals surface area (Å²) in [4.78, 5) is 0. The minimum Gasteiger partial charge on any atom is -0.321 e. The molecule has 0 aliphatic heterocycles. The Bertz CT molecular complexity index is 337. The number of halogens is 1. The van der Waals surface area contributed by atoms with Crippen LogP contribution in [-0.2, 0) is 5.54 Å². The predicted octanol–water partition coefficient (Wildman–Crippen LogP) is 4.36. The van der Waals surface area contributed by atoms with Gasteiger partial charge in [-0.2, -0.15) is 0 Å². The van der Waals surface area contributed by atoms with Gasteiger partial charge in [-0.15, -0.1) is 0 Å². The van der Waals surface area contributed by atoms with E-state index in [9.17, 15) is 4.39 Å². The standard InChI is InChI=1S/C15H24FN/c1-3-5-6-7-11-15(17,4-2)13-9-8-10-14(16)12-13/h8-10,12H,3-7,11,17H2,1-2H3. The summed E-state index contributed by atoms with van der Waals surface area (Å²) in [5.74, 6) is -0.195. The molecule has 1 aromatic carbocycles. The molecule has 1 nitrogen and oxygen atoms in total. The van der Waals surface area contributed by atoms with E-state index in [4.69, 9.17) is 5.73 Å². The predicted molar refractivity (Wildman–Crippen MR) is 71.3 cm³/mol. The number of unbranched alkanes of at least 4 members (excludes halogenated alkanes) is 3. The first-order chi connectivity index (χ1) is 8.12. The second kappa shape index (κ2) is 6.75. The Balaban J connectivity index is 2.67. The molecular weight excluding hydrogens is 213 g/mol. The maximum absolute atomic E-state index is 13.2. The molecule has 0 aliphatic rings. The molecule has 0 aliphatic carbocycles. The first-order valence-electron chi connectivity index (χ1n) is 6.67. The van der Waals surface area contributed by atoms with Crippen molar-refractivity contribution in [3.05, 3.63) is 35.6 Å². The molecule has 0 heterocycles. The van der Waals surface area contributed by atoms with Crippen LogP contribution in [0.15, 0.2) is 24.3 Å². The van der Waals surface area contributed by atoms with Crippen molar-refractivity contribution in [1.82, 2.24) is 0 Å². The summed E-state index contributed by atoms with van der Waals surface area (Å²) in [6, 6.07) is 6.72. The SMILES string of the molecule is CCCCCCC(N)(CC)c1cccc(F)c1. The van der Waals surface area contributed by atoms with Crippen LogP contribution in [0.2, 0.25) is 0 Å². The Kier molecular flexibility index (Phi) is 5.63. The topological polar surface area (TPSA) is 26.0 Å². The Morgan fingerprint density at radius 1 is 1.18 bits per heavy atom. The molecule has 0 saturated carbocycles. The average molecular weight is 237 g/mol. The summed E-state index contributed by atoms with van der Waals surface area (Å²) >= 11 is 0. The monoisotopic (exact) mass is 237 g/mol. The highest BCUT2D eigenvalue weighted by molar-refractivity contribution is 5.24. The summed E-state index contributed by atoms with van der Waals surface area (Å²) in [5.41, 5.74) is 6.97. The van der Waals surface area contributed by atoms with Gasteiger partial charge in [-0.05, 0) is 30.5 Å². The molecule has 2 heteroatoms. The molecule has 1 aromatic rings. The van der Waals surface area contributed by atoms with Crippen LogP contribution >= 0.6 is 0 Å². The van der Waals surface area contributed by atoms with Crippen molar-refractivity contribution < 1.29 is 4.39 Å². The van der Waals surface area contributed by atoms with Crippen LogP contribution in [0.3, 0.4) is 0 Å². The minimum absolute atomic E-state index is 0.195. The first-order valence-corrected chi connectivity index (χ1v) is 6.67. The van der Waals surface area contributed by atoms with Crippen molar-refractivity contribution in [2.75, 3.05) is 0 Å². The fourth-order valence-corrected chi connectivity index (χ4v) is 2.19. The largest absolute Gasteiger partial charge is 0.321 e. The van der Waals surface area contributed by atoms with Gasteiger partial charge in [0.25, 0.3) is 0 Å². The maximum atomic E-state index is 13.2. The third-order valence-electron chi connectivity index (χ3n) is 3.51. The van der Waals surface area contributed by atoms with E-state index >= 15 is 0 Å². The summed E-state index contributed by atoms with van der Waals surface area (Å²) in [6.07, 6.45) is 6.60. The fourth-order valence-electron chi connectivity index (χ4n) is 2.19. The Hall–Kier alpha value is -0.890. The quantitative estimate of drug-likeness (QED) is 0.700. The molecule has 1 rings (SSSR count). The molecule has 1 atom stereocenters. The molecule has 96 valence electrons. The van der Waals surface area contributed by atoms with Gasteiger partial charge in [0.05, 0.1) is 0 Å². The van der Waals surface area contributed by atoms with Gasteiger partial charge < -0.3 is 5.73 Å². The lowest BCUT2D eigenvalue weighted by Gasteiger charge is -2.29. The minimum atomic E-state index is -0.365. The van der Waals surface area contributed by atoms with Gasteiger partial charge in [-0.3, -0.25) is 0 Å². The van der Waals surface area contributed by atoms with Crippen molar-refractivity contribution in [1.29, 1.82) is 0 Å². The van der Waals surface area contributed by atoms with Gasteiger partial charge in [-0.1, -0.05) is 51.7 Å². The van der Waals surface area contributed by atoms with Crippen molar-refractivity contribution in [3.63, 3.8) is 0 Å². The van der Waals surface area contributed by atoms with Crippen molar-refractivity contribution in [2.24, 2.45) is 5.73 Å². The maximum Gasteiger partial charge on any atom is 0.123 e. The molecule has 2 N–H and O–H groups in total. The van der Waals surface area contributed by atoms with Gasteiger partial charge in [-0.25, -0.2) is 4.39 Å². The smallest absolute Gasteiger partial charge is 0.123 e. The van der Waals surface area contributed by atoms with E-state index < -0.39 is 0 Å². The molecule has 0 aromatic heterocycles. The molecule has 0 spiro atoms. The zero-order valence-electron chi connectivity index (χ0n) is 11.0. The lowest BCUT2D eigenvalue weighted by atomic mass is 9.83. The first kappa shape index (κ1) is 14.2. The summed E-state index contributed by atoms with van der Waals surface area (Å²) in [7, 11) is 0. The van der Waals surface area contributed by atoms with Crippen molar-refractivity contribution in [3.8, 4) is 0 Å². The second-order valence-corrected chi connectivity index (χ2v) is 4.83. The summed E-state index contributed by atoms with van der Waals surface area (Å²) < 4.78 is 13.2. The highest BCUT2D eigenvalue weighted by atomic mass is 19.1. The number of nitrogens with two attached hydrogens (primary N) is 1. The van der Waals surface area contributed by atoms with Crippen LogP contribution in [0.25, 0.3) is 0 Å². The van der Waals surface area contributed by atoms with E-state index in [0.29, 0.717) is 0 Å². The molecule has 0 fully saturated rings. The number of benzene rings is 1. The van der Waals surface area contributed by atoms with Crippen LogP contribution in [0.4, 0.5) is 4.39 Å². The second-order valence-electron chi connectivity index (χ2n) is 4.83. The van der Waals surface area contributed by atoms with Gasteiger partial charge in [0.15, 0.2) is 0 Å². The summed E-state index contributed by atoms with van der Waals surface area (Å²) in [5, 5.41) is 0. The molecule has 1 unspecified atom stereocenters. The third-order valence-corrected chi connectivity index (χ3v) is 3.51. The number of hydrogen-bond acceptors (Lipinski definition) is 1. The number of hydrogen-bond donors (Lipinski definition) is 1. The molecule has 0 radical (unpaired) electrons. The highest BCUT2D eigenvalue weighted by Gasteiger charge is 2.24. The molecule has 17 heavy (non-hydrogen) atoms. The van der Waals surface area contributed by atoms with Crippen molar-refractivity contribution >= 4 is 0 Å². The van der Waals surface area contributed by atoms with E-state index in [1.54, 1.807) is 12.1 Å². The lowest BCUT2D eigenvalue weighted by Crippen LogP contribution is -2.36. The zero-order chi connectivity index (χ0) is 12.7. The van der Waals surface area contributed by atoms with Crippen LogP contribution in [0.1, 0.15) is 57.9 Å².